The molecule has 0 spiro atoms. The third kappa shape index (κ3) is 1.51. The maximum Gasteiger partial charge on any atom is 0.148 e. The maximum atomic E-state index is 5.34. The van der Waals surface area contributed by atoms with Crippen LogP contribution in [-0.2, 0) is 4.84 Å². The lowest BCUT2D eigenvalue weighted by molar-refractivity contribution is 0.211. The lowest BCUT2D eigenvalue weighted by atomic mass is 10.3. The molecule has 1 aromatic rings. The van der Waals surface area contributed by atoms with Gasteiger partial charge >= 0.3 is 0 Å². The van der Waals surface area contributed by atoms with E-state index < -0.39 is 0 Å². The molecule has 1 aliphatic heterocycles. The predicted molar refractivity (Wildman–Crippen MR) is 51.0 cm³/mol. The zero-order valence-electron chi connectivity index (χ0n) is 6.95. The van der Waals surface area contributed by atoms with E-state index in [1.807, 2.05) is 6.07 Å². The van der Waals surface area contributed by atoms with Gasteiger partial charge in [0.25, 0.3) is 0 Å². The summed E-state index contributed by atoms with van der Waals surface area (Å²) < 4.78 is 6.23. The van der Waals surface area contributed by atoms with E-state index in [1.54, 1.807) is 6.20 Å². The summed E-state index contributed by atoms with van der Waals surface area (Å²) in [6, 6.07) is 1.86. The van der Waals surface area contributed by atoms with E-state index in [1.165, 1.54) is 7.11 Å². The van der Waals surface area contributed by atoms with Gasteiger partial charge < -0.3 is 9.57 Å². The van der Waals surface area contributed by atoms with Crippen LogP contribution in [0.15, 0.2) is 21.9 Å². The number of fused-ring (bicyclic) bond motifs is 1. The number of hydrogen-bond donors (Lipinski definition) is 0. The fraction of sp³-hybridized carbons (Fsp3) is 0.250. The molecule has 2 heterocycles. The van der Waals surface area contributed by atoms with Crippen LogP contribution in [0.3, 0.4) is 0 Å². The fourth-order valence-electron chi connectivity index (χ4n) is 1.14. The molecule has 2 rings (SSSR count). The first kappa shape index (κ1) is 8.50. The molecule has 5 heteroatoms. The predicted octanol–water partition coefficient (Wildman–Crippen LogP) is 1.59. The average Bonchev–Trinajstić information content (AvgIpc) is 2.49. The summed E-state index contributed by atoms with van der Waals surface area (Å²) in [7, 11) is 1.50. The van der Waals surface area contributed by atoms with Crippen molar-refractivity contribution in [2.24, 2.45) is 5.16 Å². The van der Waals surface area contributed by atoms with Crippen molar-refractivity contribution < 1.29 is 9.57 Å². The van der Waals surface area contributed by atoms with Crippen LogP contribution < -0.4 is 4.74 Å². The number of oxime groups is 1. The monoisotopic (exact) mass is 242 g/mol. The van der Waals surface area contributed by atoms with Gasteiger partial charge in [0.15, 0.2) is 0 Å². The standard InChI is InChI=1S/C8H7BrN2O2/c1-12-11-6-4-13-7-2-5(9)3-10-8(6)7/h2-3H,4H2,1H3/b11-6-. The Balaban J connectivity index is 2.44. The highest BCUT2D eigenvalue weighted by atomic mass is 79.9. The van der Waals surface area contributed by atoms with Gasteiger partial charge in [-0.3, -0.25) is 0 Å². The average molecular weight is 243 g/mol. The molecule has 0 unspecified atom stereocenters. The molecule has 0 saturated carbocycles. The molecule has 1 aliphatic rings. The maximum absolute atomic E-state index is 5.34. The zero-order valence-corrected chi connectivity index (χ0v) is 8.54. The Hall–Kier alpha value is -1.10. The van der Waals surface area contributed by atoms with Crippen LogP contribution >= 0.6 is 15.9 Å². The van der Waals surface area contributed by atoms with E-state index >= 15 is 0 Å². The van der Waals surface area contributed by atoms with Gasteiger partial charge in [-0.05, 0) is 22.0 Å². The SMILES string of the molecule is CO/N=C1/COc2cc(Br)cnc21. The van der Waals surface area contributed by atoms with Gasteiger partial charge in [-0.15, -0.1) is 0 Å². The van der Waals surface area contributed by atoms with Gasteiger partial charge in [0.1, 0.15) is 30.9 Å². The van der Waals surface area contributed by atoms with Crippen molar-refractivity contribution in [1.29, 1.82) is 0 Å². The first-order chi connectivity index (χ1) is 6.31. The molecule has 0 aliphatic carbocycles. The van der Waals surface area contributed by atoms with Crippen LogP contribution in [0, 0.1) is 0 Å². The highest BCUT2D eigenvalue weighted by molar-refractivity contribution is 9.10. The fourth-order valence-corrected chi connectivity index (χ4v) is 1.45. The number of nitrogens with zero attached hydrogens (tertiary/aromatic N) is 2. The van der Waals surface area contributed by atoms with E-state index in [9.17, 15) is 0 Å². The molecule has 68 valence electrons. The molecular weight excluding hydrogens is 236 g/mol. The molecule has 0 N–H and O–H groups in total. The van der Waals surface area contributed by atoms with Crippen molar-refractivity contribution in [2.45, 2.75) is 0 Å². The second kappa shape index (κ2) is 3.33. The van der Waals surface area contributed by atoms with Crippen LogP contribution in [0.5, 0.6) is 5.75 Å². The van der Waals surface area contributed by atoms with Crippen LogP contribution in [0.2, 0.25) is 0 Å². The summed E-state index contributed by atoms with van der Waals surface area (Å²) in [4.78, 5) is 8.85. The molecule has 1 aromatic heterocycles. The lowest BCUT2D eigenvalue weighted by Gasteiger charge is -1.95. The summed E-state index contributed by atoms with van der Waals surface area (Å²) in [5.41, 5.74) is 1.48. The Labute approximate surface area is 83.7 Å². The third-order valence-electron chi connectivity index (χ3n) is 1.66. The van der Waals surface area contributed by atoms with Gasteiger partial charge in [-0.1, -0.05) is 5.16 Å². The zero-order chi connectivity index (χ0) is 9.26. The van der Waals surface area contributed by atoms with Gasteiger partial charge in [0.2, 0.25) is 0 Å². The van der Waals surface area contributed by atoms with Crippen molar-refractivity contribution in [1.82, 2.24) is 4.98 Å². The Kier molecular flexibility index (Phi) is 2.18. The van der Waals surface area contributed by atoms with Crippen molar-refractivity contribution in [2.75, 3.05) is 13.7 Å². The first-order valence-electron chi connectivity index (χ1n) is 3.70. The summed E-state index contributed by atoms with van der Waals surface area (Å²) in [5.74, 6) is 0.741. The molecule has 0 amide bonds. The van der Waals surface area contributed by atoms with Crippen molar-refractivity contribution in [3.8, 4) is 5.75 Å². The lowest BCUT2D eigenvalue weighted by Crippen LogP contribution is -2.03. The summed E-state index contributed by atoms with van der Waals surface area (Å²) in [5, 5.41) is 3.81. The van der Waals surface area contributed by atoms with E-state index in [0.29, 0.717) is 6.61 Å². The number of ether oxygens (including phenoxy) is 1. The Morgan fingerprint density at radius 2 is 2.54 bits per heavy atom. The second-order valence-electron chi connectivity index (χ2n) is 2.51. The van der Waals surface area contributed by atoms with E-state index in [4.69, 9.17) is 4.74 Å². The topological polar surface area (TPSA) is 43.7 Å². The number of aromatic nitrogens is 1. The van der Waals surface area contributed by atoms with E-state index in [-0.39, 0.29) is 0 Å². The van der Waals surface area contributed by atoms with Crippen molar-refractivity contribution in [3.05, 3.63) is 22.4 Å². The van der Waals surface area contributed by atoms with Gasteiger partial charge in [0.05, 0.1) is 0 Å². The summed E-state index contributed by atoms with van der Waals surface area (Å²) in [6.45, 7) is 0.423. The largest absolute Gasteiger partial charge is 0.485 e. The number of pyridine rings is 1. The third-order valence-corrected chi connectivity index (χ3v) is 2.09. The Morgan fingerprint density at radius 1 is 1.69 bits per heavy atom. The molecule has 0 radical (unpaired) electrons. The normalized spacial score (nSPS) is 16.9. The van der Waals surface area contributed by atoms with Crippen molar-refractivity contribution >= 4 is 21.6 Å². The first-order valence-corrected chi connectivity index (χ1v) is 4.49. The van der Waals surface area contributed by atoms with Gasteiger partial charge in [0, 0.05) is 10.7 Å². The van der Waals surface area contributed by atoms with Crippen LogP contribution in [0.4, 0.5) is 0 Å². The van der Waals surface area contributed by atoms with Gasteiger partial charge in [-0.25, -0.2) is 4.98 Å². The molecule has 0 atom stereocenters. The minimum Gasteiger partial charge on any atom is -0.485 e. The van der Waals surface area contributed by atoms with Crippen molar-refractivity contribution in [3.63, 3.8) is 0 Å². The minimum atomic E-state index is 0.423. The van der Waals surface area contributed by atoms with Crippen LogP contribution in [-0.4, -0.2) is 24.4 Å². The van der Waals surface area contributed by atoms with Gasteiger partial charge in [-0.2, -0.15) is 0 Å². The molecule has 0 fully saturated rings. The minimum absolute atomic E-state index is 0.423. The van der Waals surface area contributed by atoms with Crippen LogP contribution in [0.25, 0.3) is 0 Å². The molecule has 4 nitrogen and oxygen atoms in total. The second-order valence-corrected chi connectivity index (χ2v) is 3.43. The van der Waals surface area contributed by atoms with E-state index in [0.717, 1.165) is 21.6 Å². The quantitative estimate of drug-likeness (QED) is 0.703. The molecule has 0 bridgehead atoms. The molecular formula is C8H7BrN2O2. The smallest absolute Gasteiger partial charge is 0.148 e. The highest BCUT2D eigenvalue weighted by Gasteiger charge is 2.21. The van der Waals surface area contributed by atoms with E-state index in [2.05, 4.69) is 30.9 Å². The summed E-state index contributed by atoms with van der Waals surface area (Å²) >= 11 is 3.31. The Morgan fingerprint density at radius 3 is 3.31 bits per heavy atom. The number of rotatable bonds is 1. The number of halogens is 1. The summed E-state index contributed by atoms with van der Waals surface area (Å²) in [6.07, 6.45) is 1.71. The molecule has 0 aromatic carbocycles. The van der Waals surface area contributed by atoms with Crippen LogP contribution in [0.1, 0.15) is 5.69 Å². The molecule has 0 saturated heterocycles. The molecule has 13 heavy (non-hydrogen) atoms. The Bertz CT molecular complexity index is 365. The highest BCUT2D eigenvalue weighted by Crippen LogP contribution is 2.26. The number of hydrogen-bond acceptors (Lipinski definition) is 4.